The van der Waals surface area contributed by atoms with Crippen molar-refractivity contribution in [2.45, 2.75) is 55.1 Å². The highest BCUT2D eigenvalue weighted by molar-refractivity contribution is 6.68. The molecule has 2 aliphatic rings. The van der Waals surface area contributed by atoms with Crippen LogP contribution in [0.2, 0.25) is 0 Å². The lowest BCUT2D eigenvalue weighted by Gasteiger charge is -2.44. The van der Waals surface area contributed by atoms with Crippen molar-refractivity contribution < 1.29 is 9.53 Å². The first-order valence-electron chi connectivity index (χ1n) is 9.64. The number of rotatable bonds is 5. The number of halogens is 3. The number of carbonyl (C=O) groups excluding carboxylic acids is 1. The zero-order valence-electron chi connectivity index (χ0n) is 15.6. The minimum Gasteiger partial charge on any atom is -0.354 e. The van der Waals surface area contributed by atoms with Crippen LogP contribution < -0.4 is 5.32 Å². The number of fused-ring (bicyclic) bond motifs is 1. The van der Waals surface area contributed by atoms with E-state index >= 15 is 0 Å². The van der Waals surface area contributed by atoms with Gasteiger partial charge in [0.15, 0.2) is 6.23 Å². The highest BCUT2D eigenvalue weighted by Crippen LogP contribution is 2.34. The van der Waals surface area contributed by atoms with E-state index in [0.29, 0.717) is 24.1 Å². The van der Waals surface area contributed by atoms with Gasteiger partial charge in [0.1, 0.15) is 0 Å². The molecule has 150 valence electrons. The quantitative estimate of drug-likeness (QED) is 0.540. The summed E-state index contributed by atoms with van der Waals surface area (Å²) in [6, 6.07) is 7.79. The Kier molecular flexibility index (Phi) is 7.32. The van der Waals surface area contributed by atoms with Crippen LogP contribution >= 0.6 is 34.8 Å². The Morgan fingerprint density at radius 3 is 2.59 bits per heavy atom. The molecule has 1 amide bonds. The predicted molar refractivity (Wildman–Crippen MR) is 111 cm³/mol. The van der Waals surface area contributed by atoms with Crippen molar-refractivity contribution in [1.29, 1.82) is 0 Å². The number of hydrogen-bond acceptors (Lipinski definition) is 3. The van der Waals surface area contributed by atoms with Gasteiger partial charge in [-0.05, 0) is 63.7 Å². The SMILES string of the molecule is Cc1ccc(C(=O)N[C@H](OC[C@H]2CCCN3CCCC[C@H]23)C(Cl)(Cl)Cl)cc1. The number of amides is 1. The van der Waals surface area contributed by atoms with Gasteiger partial charge in [-0.2, -0.15) is 0 Å². The van der Waals surface area contributed by atoms with E-state index in [0.717, 1.165) is 12.0 Å². The van der Waals surface area contributed by atoms with E-state index in [9.17, 15) is 4.79 Å². The van der Waals surface area contributed by atoms with E-state index in [-0.39, 0.29) is 5.91 Å². The number of alkyl halides is 3. The lowest BCUT2D eigenvalue weighted by atomic mass is 9.84. The van der Waals surface area contributed by atoms with Gasteiger partial charge >= 0.3 is 0 Å². The molecule has 7 heteroatoms. The van der Waals surface area contributed by atoms with Gasteiger partial charge in [-0.25, -0.2) is 0 Å². The summed E-state index contributed by atoms with van der Waals surface area (Å²) >= 11 is 18.3. The first kappa shape index (κ1) is 21.2. The fourth-order valence-electron chi connectivity index (χ4n) is 4.12. The van der Waals surface area contributed by atoms with Gasteiger partial charge in [-0.3, -0.25) is 4.79 Å². The van der Waals surface area contributed by atoms with Crippen molar-refractivity contribution in [2.75, 3.05) is 19.7 Å². The molecular weight excluding hydrogens is 407 g/mol. The zero-order chi connectivity index (χ0) is 19.4. The largest absolute Gasteiger partial charge is 0.354 e. The highest BCUT2D eigenvalue weighted by atomic mass is 35.6. The van der Waals surface area contributed by atoms with Crippen molar-refractivity contribution in [3.05, 3.63) is 35.4 Å². The monoisotopic (exact) mass is 432 g/mol. The number of benzene rings is 1. The van der Waals surface area contributed by atoms with Gasteiger partial charge in [0, 0.05) is 11.6 Å². The van der Waals surface area contributed by atoms with Gasteiger partial charge in [-0.15, -0.1) is 0 Å². The zero-order valence-corrected chi connectivity index (χ0v) is 17.9. The summed E-state index contributed by atoms with van der Waals surface area (Å²) < 4.78 is 4.22. The van der Waals surface area contributed by atoms with Crippen LogP contribution in [0.1, 0.15) is 48.0 Å². The molecule has 3 atom stereocenters. The number of piperidine rings is 2. The molecule has 3 rings (SSSR count). The van der Waals surface area contributed by atoms with E-state index in [2.05, 4.69) is 10.2 Å². The Bertz CT molecular complexity index is 631. The molecule has 0 radical (unpaired) electrons. The summed E-state index contributed by atoms with van der Waals surface area (Å²) in [5, 5.41) is 2.73. The van der Waals surface area contributed by atoms with E-state index in [1.165, 1.54) is 38.8 Å². The van der Waals surface area contributed by atoms with Crippen LogP contribution in [0.25, 0.3) is 0 Å². The second kappa shape index (κ2) is 9.32. The Labute approximate surface area is 176 Å². The van der Waals surface area contributed by atoms with Crippen molar-refractivity contribution in [3.63, 3.8) is 0 Å². The second-order valence-corrected chi connectivity index (χ2v) is 9.96. The fourth-order valence-corrected chi connectivity index (χ4v) is 4.47. The number of aryl methyl sites for hydroxylation is 1. The molecule has 27 heavy (non-hydrogen) atoms. The molecule has 0 aromatic heterocycles. The maximum absolute atomic E-state index is 12.5. The second-order valence-electron chi connectivity index (χ2n) is 7.60. The van der Waals surface area contributed by atoms with Gasteiger partial charge in [-0.1, -0.05) is 58.9 Å². The molecule has 0 aliphatic carbocycles. The number of hydrogen-bond donors (Lipinski definition) is 1. The third-order valence-corrected chi connectivity index (χ3v) is 6.17. The molecule has 2 aliphatic heterocycles. The third-order valence-electron chi connectivity index (χ3n) is 5.58. The standard InChI is InChI=1S/C20H27Cl3N2O2/c1-14-7-9-15(10-8-14)18(26)24-19(20(21,22)23)27-13-16-5-4-12-25-11-3-2-6-17(16)25/h7-10,16-17,19H,2-6,11-13H2,1H3,(H,24,26)/t16-,17-,19-/m1/s1. The average Bonchev–Trinajstić information content (AvgIpc) is 2.64. The smallest absolute Gasteiger partial charge is 0.253 e. The lowest BCUT2D eigenvalue weighted by molar-refractivity contribution is -0.0325. The minimum atomic E-state index is -1.73. The topological polar surface area (TPSA) is 41.6 Å². The molecular formula is C20H27Cl3N2O2. The first-order valence-corrected chi connectivity index (χ1v) is 10.8. The van der Waals surface area contributed by atoms with Crippen molar-refractivity contribution in [2.24, 2.45) is 5.92 Å². The predicted octanol–water partition coefficient (Wildman–Crippen LogP) is 4.70. The molecule has 2 heterocycles. The average molecular weight is 434 g/mol. The van der Waals surface area contributed by atoms with Gasteiger partial charge < -0.3 is 15.0 Å². The van der Waals surface area contributed by atoms with E-state index in [4.69, 9.17) is 39.5 Å². The summed E-state index contributed by atoms with van der Waals surface area (Å²) in [6.45, 7) is 4.78. The van der Waals surface area contributed by atoms with E-state index < -0.39 is 10.0 Å². The molecule has 0 bridgehead atoms. The lowest BCUT2D eigenvalue weighted by Crippen LogP contribution is -2.51. The van der Waals surface area contributed by atoms with Gasteiger partial charge in [0.2, 0.25) is 3.79 Å². The van der Waals surface area contributed by atoms with Gasteiger partial charge in [0.05, 0.1) is 6.61 Å². The van der Waals surface area contributed by atoms with Crippen LogP contribution in [-0.4, -0.2) is 46.6 Å². The maximum atomic E-state index is 12.5. The summed E-state index contributed by atoms with van der Waals surface area (Å²) in [4.78, 5) is 15.1. The summed E-state index contributed by atoms with van der Waals surface area (Å²) in [5.41, 5.74) is 1.59. The molecule has 0 saturated carbocycles. The molecule has 2 saturated heterocycles. The number of ether oxygens (including phenoxy) is 1. The first-order chi connectivity index (χ1) is 12.8. The van der Waals surface area contributed by atoms with E-state index in [1.807, 2.05) is 19.1 Å². The van der Waals surface area contributed by atoms with Crippen molar-refractivity contribution >= 4 is 40.7 Å². The van der Waals surface area contributed by atoms with Crippen LogP contribution in [0.3, 0.4) is 0 Å². The summed E-state index contributed by atoms with van der Waals surface area (Å²) in [7, 11) is 0. The normalized spacial score (nSPS) is 24.9. The molecule has 0 unspecified atom stereocenters. The maximum Gasteiger partial charge on any atom is 0.253 e. The van der Waals surface area contributed by atoms with Crippen LogP contribution in [0.4, 0.5) is 0 Å². The highest BCUT2D eigenvalue weighted by Gasteiger charge is 2.38. The Morgan fingerprint density at radius 2 is 1.89 bits per heavy atom. The Hall–Kier alpha value is -0.520. The minimum absolute atomic E-state index is 0.311. The van der Waals surface area contributed by atoms with Crippen LogP contribution in [0.5, 0.6) is 0 Å². The van der Waals surface area contributed by atoms with Crippen LogP contribution in [-0.2, 0) is 4.74 Å². The third kappa shape index (κ3) is 5.74. The van der Waals surface area contributed by atoms with E-state index in [1.54, 1.807) is 12.1 Å². The van der Waals surface area contributed by atoms with Crippen LogP contribution in [0, 0.1) is 12.8 Å². The van der Waals surface area contributed by atoms with Crippen molar-refractivity contribution in [3.8, 4) is 0 Å². The number of nitrogens with zero attached hydrogens (tertiary/aromatic N) is 1. The molecule has 1 aromatic carbocycles. The molecule has 1 aromatic rings. The summed E-state index contributed by atoms with van der Waals surface area (Å²) in [5.74, 6) is 0.0967. The number of nitrogens with one attached hydrogen (secondary N) is 1. The fraction of sp³-hybridized carbons (Fsp3) is 0.650. The molecule has 1 N–H and O–H groups in total. The summed E-state index contributed by atoms with van der Waals surface area (Å²) in [6.07, 6.45) is 5.01. The molecule has 4 nitrogen and oxygen atoms in total. The van der Waals surface area contributed by atoms with Crippen molar-refractivity contribution in [1.82, 2.24) is 10.2 Å². The Morgan fingerprint density at radius 1 is 1.19 bits per heavy atom. The number of carbonyl (C=O) groups is 1. The Balaban J connectivity index is 1.61. The molecule has 2 fully saturated rings. The van der Waals surface area contributed by atoms with Gasteiger partial charge in [0.25, 0.3) is 5.91 Å². The van der Waals surface area contributed by atoms with Crippen LogP contribution in [0.15, 0.2) is 24.3 Å². The molecule has 0 spiro atoms.